The molecule has 10 heteroatoms. The molecule has 2 aromatic heterocycles. The molecular weight excluding hydrogens is 395 g/mol. The molecule has 1 amide bonds. The first-order chi connectivity index (χ1) is 12.8. The van der Waals surface area contributed by atoms with Crippen LogP contribution in [0.1, 0.15) is 23.7 Å². The van der Waals surface area contributed by atoms with E-state index in [2.05, 4.69) is 20.0 Å². The van der Waals surface area contributed by atoms with Crippen LogP contribution >= 0.6 is 11.6 Å². The average Bonchev–Trinajstić information content (AvgIpc) is 3.05. The number of carbonyl (C=O) groups excluding carboxylic acids is 1. The Morgan fingerprint density at radius 2 is 2.11 bits per heavy atom. The number of aromatic amines is 1. The van der Waals surface area contributed by atoms with Gasteiger partial charge in [-0.1, -0.05) is 18.5 Å². The van der Waals surface area contributed by atoms with Crippen LogP contribution in [-0.2, 0) is 10.0 Å². The van der Waals surface area contributed by atoms with Gasteiger partial charge in [-0.3, -0.25) is 9.52 Å². The Kier molecular flexibility index (Phi) is 5.33. The lowest BCUT2D eigenvalue weighted by atomic mass is 10.1. The normalized spacial score (nSPS) is 11.5. The lowest BCUT2D eigenvalue weighted by Crippen LogP contribution is -2.19. The highest BCUT2D eigenvalue weighted by molar-refractivity contribution is 7.92. The van der Waals surface area contributed by atoms with Crippen LogP contribution < -0.4 is 10.0 Å². The van der Waals surface area contributed by atoms with Gasteiger partial charge in [-0.15, -0.1) is 0 Å². The van der Waals surface area contributed by atoms with E-state index < -0.39 is 27.3 Å². The van der Waals surface area contributed by atoms with Crippen molar-refractivity contribution < 1.29 is 17.6 Å². The van der Waals surface area contributed by atoms with Gasteiger partial charge in [0.2, 0.25) is 10.0 Å². The van der Waals surface area contributed by atoms with Crippen molar-refractivity contribution in [3.8, 4) is 0 Å². The number of hydrogen-bond donors (Lipinski definition) is 3. The number of H-pyrrole nitrogens is 1. The Morgan fingerprint density at radius 3 is 2.85 bits per heavy atom. The summed E-state index contributed by atoms with van der Waals surface area (Å²) in [5.41, 5.74) is 0.475. The number of benzene rings is 1. The third-order valence-corrected chi connectivity index (χ3v) is 5.58. The fourth-order valence-corrected chi connectivity index (χ4v) is 4.02. The summed E-state index contributed by atoms with van der Waals surface area (Å²) in [6.07, 6.45) is 3.51. The molecule has 0 aliphatic carbocycles. The largest absolute Gasteiger partial charge is 0.346 e. The van der Waals surface area contributed by atoms with Crippen LogP contribution in [-0.4, -0.2) is 30.0 Å². The summed E-state index contributed by atoms with van der Waals surface area (Å²) >= 11 is 6.11. The van der Waals surface area contributed by atoms with Gasteiger partial charge >= 0.3 is 0 Å². The predicted molar refractivity (Wildman–Crippen MR) is 103 cm³/mol. The fourth-order valence-electron chi connectivity index (χ4n) is 2.53. The molecule has 3 N–H and O–H groups in total. The van der Waals surface area contributed by atoms with Crippen LogP contribution in [0, 0.1) is 5.82 Å². The molecule has 0 bridgehead atoms. The van der Waals surface area contributed by atoms with Gasteiger partial charge in [0.15, 0.2) is 0 Å². The number of hydrogen-bond acceptors (Lipinski definition) is 4. The molecule has 0 radical (unpaired) electrons. The van der Waals surface area contributed by atoms with Gasteiger partial charge < -0.3 is 10.3 Å². The maximum Gasteiger partial charge on any atom is 0.260 e. The van der Waals surface area contributed by atoms with Crippen molar-refractivity contribution >= 4 is 49.9 Å². The summed E-state index contributed by atoms with van der Waals surface area (Å²) in [4.78, 5) is 19.6. The number of nitrogens with one attached hydrogen (secondary N) is 3. The molecular formula is C17H16ClFN4O3S. The second-order valence-corrected chi connectivity index (χ2v) is 8.02. The van der Waals surface area contributed by atoms with Crippen LogP contribution in [0.15, 0.2) is 36.7 Å². The van der Waals surface area contributed by atoms with Gasteiger partial charge in [0, 0.05) is 11.6 Å². The third kappa shape index (κ3) is 4.20. The predicted octanol–water partition coefficient (Wildman–Crippen LogP) is 3.76. The molecule has 0 fully saturated rings. The van der Waals surface area contributed by atoms with E-state index in [0.717, 1.165) is 11.5 Å². The fraction of sp³-hybridized carbons (Fsp3) is 0.176. The summed E-state index contributed by atoms with van der Waals surface area (Å²) in [5, 5.41) is 2.97. The first kappa shape index (κ1) is 19.1. The summed E-state index contributed by atoms with van der Waals surface area (Å²) in [5.74, 6) is -1.80. The molecule has 0 atom stereocenters. The molecule has 3 rings (SSSR count). The number of carbonyl (C=O) groups is 1. The lowest BCUT2D eigenvalue weighted by molar-refractivity contribution is 0.102. The highest BCUT2D eigenvalue weighted by Gasteiger charge is 2.21. The van der Waals surface area contributed by atoms with Crippen molar-refractivity contribution in [2.24, 2.45) is 0 Å². The zero-order valence-electron chi connectivity index (χ0n) is 14.2. The van der Waals surface area contributed by atoms with Crippen LogP contribution in [0.3, 0.4) is 0 Å². The number of amides is 1. The molecule has 142 valence electrons. The van der Waals surface area contributed by atoms with E-state index >= 15 is 0 Å². The Labute approximate surface area is 160 Å². The summed E-state index contributed by atoms with van der Waals surface area (Å²) in [7, 11) is -3.64. The number of pyridine rings is 1. The quantitative estimate of drug-likeness (QED) is 0.575. The average molecular weight is 411 g/mol. The van der Waals surface area contributed by atoms with Gasteiger partial charge in [0.05, 0.1) is 33.9 Å². The van der Waals surface area contributed by atoms with Crippen LogP contribution in [0.25, 0.3) is 11.0 Å². The Hall–Kier alpha value is -2.65. The number of rotatable bonds is 6. The van der Waals surface area contributed by atoms with E-state index in [0.29, 0.717) is 17.8 Å². The van der Waals surface area contributed by atoms with Crippen molar-refractivity contribution in [2.75, 3.05) is 15.8 Å². The molecule has 2 heterocycles. The van der Waals surface area contributed by atoms with Crippen molar-refractivity contribution in [3.63, 3.8) is 0 Å². The first-order valence-corrected chi connectivity index (χ1v) is 10.1. The van der Waals surface area contributed by atoms with Gasteiger partial charge in [0.1, 0.15) is 11.5 Å². The van der Waals surface area contributed by atoms with Gasteiger partial charge in [-0.05, 0) is 30.7 Å². The summed E-state index contributed by atoms with van der Waals surface area (Å²) in [6, 6.07) is 5.60. The molecule has 0 spiro atoms. The smallest absolute Gasteiger partial charge is 0.260 e. The topological polar surface area (TPSA) is 104 Å². The van der Waals surface area contributed by atoms with E-state index in [-0.39, 0.29) is 16.5 Å². The molecule has 3 aromatic rings. The maximum atomic E-state index is 14.2. The van der Waals surface area contributed by atoms with E-state index in [4.69, 9.17) is 11.6 Å². The molecule has 0 unspecified atom stereocenters. The van der Waals surface area contributed by atoms with Crippen molar-refractivity contribution in [2.45, 2.75) is 13.3 Å². The number of sulfonamides is 1. The minimum Gasteiger partial charge on any atom is -0.346 e. The highest BCUT2D eigenvalue weighted by atomic mass is 35.5. The van der Waals surface area contributed by atoms with Gasteiger partial charge in [-0.2, -0.15) is 0 Å². The first-order valence-electron chi connectivity index (χ1n) is 8.03. The van der Waals surface area contributed by atoms with Gasteiger partial charge in [-0.25, -0.2) is 17.8 Å². The minimum absolute atomic E-state index is 0.0594. The van der Waals surface area contributed by atoms with Crippen LogP contribution in [0.4, 0.5) is 15.8 Å². The van der Waals surface area contributed by atoms with Crippen molar-refractivity contribution in [1.29, 1.82) is 0 Å². The monoisotopic (exact) mass is 410 g/mol. The zero-order valence-corrected chi connectivity index (χ0v) is 15.8. The molecule has 7 nitrogen and oxygen atoms in total. The zero-order chi connectivity index (χ0) is 19.6. The maximum absolute atomic E-state index is 14.2. The van der Waals surface area contributed by atoms with Crippen LogP contribution in [0.5, 0.6) is 0 Å². The lowest BCUT2D eigenvalue weighted by Gasteiger charge is -2.13. The standard InChI is InChI=1S/C17H16ClFN4O3S/c1-2-7-27(25,26)23-13-4-3-12(19)14(15(13)18)17(24)22-11-8-10-5-6-20-16(10)21-9-11/h3-6,8-9,23H,2,7H2,1H3,(H,20,21)(H,22,24). The van der Waals surface area contributed by atoms with Gasteiger partial charge in [0.25, 0.3) is 5.91 Å². The second kappa shape index (κ2) is 7.53. The Bertz CT molecular complexity index is 1110. The molecule has 0 aliphatic heterocycles. The molecule has 0 aliphatic rings. The Morgan fingerprint density at radius 1 is 1.33 bits per heavy atom. The Balaban J connectivity index is 1.90. The minimum atomic E-state index is -3.64. The highest BCUT2D eigenvalue weighted by Crippen LogP contribution is 2.30. The van der Waals surface area contributed by atoms with E-state index in [1.807, 2.05) is 0 Å². The summed E-state index contributed by atoms with van der Waals surface area (Å²) < 4.78 is 40.4. The molecule has 0 saturated carbocycles. The van der Waals surface area contributed by atoms with E-state index in [1.54, 1.807) is 25.3 Å². The number of nitrogens with zero attached hydrogens (tertiary/aromatic N) is 1. The molecule has 1 aromatic carbocycles. The van der Waals surface area contributed by atoms with Crippen LogP contribution in [0.2, 0.25) is 5.02 Å². The third-order valence-electron chi connectivity index (χ3n) is 3.71. The van der Waals surface area contributed by atoms with E-state index in [1.165, 1.54) is 12.3 Å². The number of fused-ring (bicyclic) bond motifs is 1. The number of aromatic nitrogens is 2. The summed E-state index contributed by atoms with van der Waals surface area (Å²) in [6.45, 7) is 1.71. The number of halogens is 2. The van der Waals surface area contributed by atoms with Crippen molar-refractivity contribution in [1.82, 2.24) is 9.97 Å². The van der Waals surface area contributed by atoms with E-state index in [9.17, 15) is 17.6 Å². The second-order valence-electron chi connectivity index (χ2n) is 5.80. The number of anilines is 2. The SMILES string of the molecule is CCCS(=O)(=O)Nc1ccc(F)c(C(=O)Nc2cnc3[nH]ccc3c2)c1Cl. The molecule has 27 heavy (non-hydrogen) atoms. The molecule has 0 saturated heterocycles. The van der Waals surface area contributed by atoms with Crippen molar-refractivity contribution in [3.05, 3.63) is 53.1 Å².